The van der Waals surface area contributed by atoms with Crippen molar-refractivity contribution in [1.29, 1.82) is 0 Å². The van der Waals surface area contributed by atoms with E-state index in [0.29, 0.717) is 25.9 Å². The minimum atomic E-state index is -1.13. The van der Waals surface area contributed by atoms with Crippen molar-refractivity contribution in [3.63, 3.8) is 0 Å². The lowest BCUT2D eigenvalue weighted by Gasteiger charge is -2.32. The molecule has 11 heteroatoms. The molecule has 4 rings (SSSR count). The first-order valence-corrected chi connectivity index (χ1v) is 10.8. The fraction of sp³-hybridized carbons (Fsp3) is 0.409. The van der Waals surface area contributed by atoms with Crippen LogP contribution in [-0.2, 0) is 19.1 Å². The molecule has 1 fully saturated rings. The van der Waals surface area contributed by atoms with Crippen LogP contribution in [-0.4, -0.2) is 47.4 Å². The number of piperidine rings is 1. The molecule has 2 aliphatic heterocycles. The second-order valence-electron chi connectivity index (χ2n) is 7.96. The Labute approximate surface area is 188 Å². The Morgan fingerprint density at radius 3 is 2.85 bits per heavy atom. The van der Waals surface area contributed by atoms with Crippen LogP contribution >= 0.6 is 0 Å². The number of nitrogens with zero attached hydrogens (tertiary/aromatic N) is 2. The fourth-order valence-corrected chi connectivity index (χ4v) is 4.14. The molecule has 3 N–H and O–H groups in total. The number of carbonyl (C=O) groups is 3. The molecule has 2 aliphatic rings. The summed E-state index contributed by atoms with van der Waals surface area (Å²) >= 11 is 0. The zero-order chi connectivity index (χ0) is 23.5. The lowest BCUT2D eigenvalue weighted by molar-refractivity contribution is -0.148. The number of aromatic amines is 1. The second-order valence-corrected chi connectivity index (χ2v) is 7.96. The lowest BCUT2D eigenvalue weighted by atomic mass is 9.92. The van der Waals surface area contributed by atoms with E-state index in [2.05, 4.69) is 20.6 Å². The quantitative estimate of drug-likeness (QED) is 0.583. The summed E-state index contributed by atoms with van der Waals surface area (Å²) in [6, 6.07) is 5.62. The van der Waals surface area contributed by atoms with Gasteiger partial charge in [0.15, 0.2) is 0 Å². The fourth-order valence-electron chi connectivity index (χ4n) is 4.14. The van der Waals surface area contributed by atoms with E-state index in [1.807, 2.05) is 0 Å². The van der Waals surface area contributed by atoms with E-state index in [0.717, 1.165) is 0 Å². The summed E-state index contributed by atoms with van der Waals surface area (Å²) in [5.41, 5.74) is -0.623. The Bertz CT molecular complexity index is 1150. The maximum absolute atomic E-state index is 14.0. The van der Waals surface area contributed by atoms with Crippen molar-refractivity contribution in [3.05, 3.63) is 46.0 Å². The van der Waals surface area contributed by atoms with Gasteiger partial charge in [0, 0.05) is 19.5 Å². The summed E-state index contributed by atoms with van der Waals surface area (Å²) in [4.78, 5) is 59.0. The number of aromatic nitrogens is 2. The molecule has 3 heterocycles. The zero-order valence-electron chi connectivity index (χ0n) is 18.0. The predicted octanol–water partition coefficient (Wildman–Crippen LogP) is 1.75. The third-order valence-electron chi connectivity index (χ3n) is 5.73. The summed E-state index contributed by atoms with van der Waals surface area (Å²) < 4.78 is 19.1. The molecule has 1 saturated heterocycles. The number of rotatable bonds is 5. The Morgan fingerprint density at radius 1 is 1.30 bits per heavy atom. The number of amides is 2. The SMILES string of the molecule is CCOC(=O)C1CCCN(c2nc3c(c(=O)[nH]2)C(C(=O)Nc2ccccc2F)CC(=O)N3)C1. The summed E-state index contributed by atoms with van der Waals surface area (Å²) in [6.07, 6.45) is 1.09. The third kappa shape index (κ3) is 4.71. The number of hydrogen-bond donors (Lipinski definition) is 3. The third-order valence-corrected chi connectivity index (χ3v) is 5.73. The van der Waals surface area contributed by atoms with Gasteiger partial charge in [-0.3, -0.25) is 24.2 Å². The number of H-pyrrole nitrogens is 1. The van der Waals surface area contributed by atoms with E-state index in [-0.39, 0.29) is 47.9 Å². The number of benzene rings is 1. The van der Waals surface area contributed by atoms with E-state index in [1.165, 1.54) is 18.2 Å². The maximum atomic E-state index is 14.0. The predicted molar refractivity (Wildman–Crippen MR) is 117 cm³/mol. The molecule has 174 valence electrons. The largest absolute Gasteiger partial charge is 0.466 e. The van der Waals surface area contributed by atoms with Gasteiger partial charge in [-0.25, -0.2) is 4.39 Å². The van der Waals surface area contributed by atoms with Crippen LogP contribution in [0.25, 0.3) is 0 Å². The van der Waals surface area contributed by atoms with Crippen molar-refractivity contribution < 1.29 is 23.5 Å². The molecule has 2 atom stereocenters. The number of para-hydroxylation sites is 1. The highest BCUT2D eigenvalue weighted by Crippen LogP contribution is 2.31. The topological polar surface area (TPSA) is 133 Å². The van der Waals surface area contributed by atoms with Gasteiger partial charge in [0.05, 0.1) is 29.7 Å². The van der Waals surface area contributed by atoms with Crippen molar-refractivity contribution in [2.45, 2.75) is 32.1 Å². The first-order valence-electron chi connectivity index (χ1n) is 10.8. The summed E-state index contributed by atoms with van der Waals surface area (Å²) in [5, 5.41) is 4.99. The molecule has 0 spiro atoms. The molecule has 1 aromatic heterocycles. The number of esters is 1. The van der Waals surface area contributed by atoms with Gasteiger partial charge in [-0.15, -0.1) is 0 Å². The monoisotopic (exact) mass is 457 g/mol. The maximum Gasteiger partial charge on any atom is 0.310 e. The molecule has 0 aliphatic carbocycles. The van der Waals surface area contributed by atoms with Gasteiger partial charge in [0.2, 0.25) is 17.8 Å². The minimum Gasteiger partial charge on any atom is -0.466 e. The minimum absolute atomic E-state index is 0.00569. The molecule has 0 saturated carbocycles. The van der Waals surface area contributed by atoms with Crippen LogP contribution < -0.4 is 21.1 Å². The van der Waals surface area contributed by atoms with Gasteiger partial charge in [-0.05, 0) is 31.9 Å². The number of anilines is 3. The number of carbonyl (C=O) groups excluding carboxylic acids is 3. The summed E-state index contributed by atoms with van der Waals surface area (Å²) in [7, 11) is 0. The summed E-state index contributed by atoms with van der Waals surface area (Å²) in [5.74, 6) is -3.41. The van der Waals surface area contributed by atoms with Crippen molar-refractivity contribution in [2.24, 2.45) is 5.92 Å². The molecular weight excluding hydrogens is 433 g/mol. The van der Waals surface area contributed by atoms with E-state index >= 15 is 0 Å². The van der Waals surface area contributed by atoms with Gasteiger partial charge < -0.3 is 20.3 Å². The van der Waals surface area contributed by atoms with E-state index in [1.54, 1.807) is 17.9 Å². The molecule has 0 bridgehead atoms. The number of halogens is 1. The molecule has 0 radical (unpaired) electrons. The van der Waals surface area contributed by atoms with Gasteiger partial charge in [0.25, 0.3) is 5.56 Å². The average Bonchev–Trinajstić information content (AvgIpc) is 2.80. The highest BCUT2D eigenvalue weighted by atomic mass is 19.1. The van der Waals surface area contributed by atoms with Crippen LogP contribution in [0.2, 0.25) is 0 Å². The molecule has 33 heavy (non-hydrogen) atoms. The van der Waals surface area contributed by atoms with Crippen LogP contribution in [0.1, 0.15) is 37.7 Å². The molecule has 10 nitrogen and oxygen atoms in total. The molecular formula is C22H24FN5O5. The van der Waals surface area contributed by atoms with Gasteiger partial charge in [-0.1, -0.05) is 12.1 Å². The van der Waals surface area contributed by atoms with E-state index in [4.69, 9.17) is 4.74 Å². The number of ether oxygens (including phenoxy) is 1. The van der Waals surface area contributed by atoms with E-state index in [9.17, 15) is 23.6 Å². The van der Waals surface area contributed by atoms with E-state index < -0.39 is 29.1 Å². The highest BCUT2D eigenvalue weighted by Gasteiger charge is 2.36. The molecule has 2 unspecified atom stereocenters. The van der Waals surface area contributed by atoms with Crippen molar-refractivity contribution in [1.82, 2.24) is 9.97 Å². The Balaban J connectivity index is 1.60. The van der Waals surface area contributed by atoms with Crippen molar-refractivity contribution >= 4 is 35.2 Å². The zero-order valence-corrected chi connectivity index (χ0v) is 18.0. The van der Waals surface area contributed by atoms with Gasteiger partial charge in [-0.2, -0.15) is 4.98 Å². The average molecular weight is 457 g/mol. The van der Waals surface area contributed by atoms with Crippen LogP contribution in [0.5, 0.6) is 0 Å². The van der Waals surface area contributed by atoms with Gasteiger partial charge in [0.1, 0.15) is 11.6 Å². The van der Waals surface area contributed by atoms with Crippen LogP contribution in [0, 0.1) is 11.7 Å². The number of fused-ring (bicyclic) bond motifs is 1. The second kappa shape index (κ2) is 9.39. The Morgan fingerprint density at radius 2 is 2.09 bits per heavy atom. The summed E-state index contributed by atoms with van der Waals surface area (Å²) in [6.45, 7) is 2.89. The normalized spacial score (nSPS) is 19.9. The Kier molecular flexibility index (Phi) is 6.38. The molecule has 2 aromatic rings. The smallest absolute Gasteiger partial charge is 0.310 e. The van der Waals surface area contributed by atoms with Crippen LogP contribution in [0.3, 0.4) is 0 Å². The first kappa shape index (κ1) is 22.4. The standard InChI is InChI=1S/C22H24FN5O5/c1-2-33-21(32)12-6-5-9-28(11-12)22-26-18-17(20(31)27-22)13(10-16(29)25-18)19(30)24-15-8-4-3-7-14(15)23/h3-4,7-8,12-13H,2,5-6,9-11H2,1H3,(H,24,30)(H2,25,26,27,29,31). The van der Waals surface area contributed by atoms with Crippen LogP contribution in [0.15, 0.2) is 29.1 Å². The van der Waals surface area contributed by atoms with Gasteiger partial charge >= 0.3 is 5.97 Å². The number of hydrogen-bond acceptors (Lipinski definition) is 7. The van der Waals surface area contributed by atoms with Crippen molar-refractivity contribution in [3.8, 4) is 0 Å². The van der Waals surface area contributed by atoms with Crippen LogP contribution in [0.4, 0.5) is 21.8 Å². The Hall–Kier alpha value is -3.76. The number of nitrogens with one attached hydrogen (secondary N) is 3. The molecule has 2 amide bonds. The van der Waals surface area contributed by atoms with Crippen molar-refractivity contribution in [2.75, 3.05) is 35.2 Å². The highest BCUT2D eigenvalue weighted by molar-refractivity contribution is 6.04. The molecule has 1 aromatic carbocycles. The lowest BCUT2D eigenvalue weighted by Crippen LogP contribution is -2.42. The first-order chi connectivity index (χ1) is 15.9.